The lowest BCUT2D eigenvalue weighted by molar-refractivity contribution is 0.217. The van der Waals surface area contributed by atoms with E-state index in [0.717, 1.165) is 5.56 Å². The van der Waals surface area contributed by atoms with Gasteiger partial charge >= 0.3 is 0 Å². The number of hydrogen-bond donors (Lipinski definition) is 1. The molecule has 18 heavy (non-hydrogen) atoms. The van der Waals surface area contributed by atoms with Gasteiger partial charge in [0.25, 0.3) is 0 Å². The number of anilines is 1. The van der Waals surface area contributed by atoms with Crippen molar-refractivity contribution in [3.63, 3.8) is 0 Å². The first-order valence-electron chi connectivity index (χ1n) is 5.62. The van der Waals surface area contributed by atoms with Crippen molar-refractivity contribution in [2.24, 2.45) is 0 Å². The van der Waals surface area contributed by atoms with Crippen LogP contribution < -0.4 is 10.1 Å². The van der Waals surface area contributed by atoms with Crippen LogP contribution in [0.4, 0.5) is 5.95 Å². The van der Waals surface area contributed by atoms with Gasteiger partial charge in [0.1, 0.15) is 11.1 Å². The summed E-state index contributed by atoms with van der Waals surface area (Å²) in [4.78, 5) is 8.18. The van der Waals surface area contributed by atoms with Crippen LogP contribution in [-0.4, -0.2) is 17.0 Å². The first-order valence-corrected chi connectivity index (χ1v) is 6.00. The molecule has 0 saturated carbocycles. The van der Waals surface area contributed by atoms with Gasteiger partial charge in [-0.1, -0.05) is 41.9 Å². The highest BCUT2D eigenvalue weighted by Gasteiger charge is 2.11. The third-order valence-electron chi connectivity index (χ3n) is 2.49. The van der Waals surface area contributed by atoms with Crippen molar-refractivity contribution in [1.82, 2.24) is 9.97 Å². The van der Waals surface area contributed by atoms with Crippen molar-refractivity contribution < 1.29 is 4.74 Å². The molecular weight excluding hydrogens is 250 g/mol. The third kappa shape index (κ3) is 2.90. The molecule has 0 saturated heterocycles. The quantitative estimate of drug-likeness (QED) is 0.919. The monoisotopic (exact) mass is 263 g/mol. The van der Waals surface area contributed by atoms with Gasteiger partial charge < -0.3 is 10.1 Å². The van der Waals surface area contributed by atoms with Crippen LogP contribution in [0.25, 0.3) is 0 Å². The molecule has 2 rings (SSSR count). The Bertz CT molecular complexity index is 519. The Morgan fingerprint density at radius 2 is 2.00 bits per heavy atom. The minimum Gasteiger partial charge on any atom is -0.469 e. The number of benzene rings is 1. The normalized spacial score (nSPS) is 11.9. The van der Waals surface area contributed by atoms with E-state index in [2.05, 4.69) is 15.3 Å². The fraction of sp³-hybridized carbons (Fsp3) is 0.231. The molecule has 1 aromatic carbocycles. The third-order valence-corrected chi connectivity index (χ3v) is 2.75. The van der Waals surface area contributed by atoms with E-state index in [9.17, 15) is 0 Å². The maximum Gasteiger partial charge on any atom is 0.238 e. The maximum atomic E-state index is 6.01. The minimum absolute atomic E-state index is 0.122. The molecule has 4 nitrogen and oxygen atoms in total. The highest BCUT2D eigenvalue weighted by atomic mass is 35.5. The van der Waals surface area contributed by atoms with Crippen LogP contribution in [0.5, 0.6) is 5.88 Å². The Hall–Kier alpha value is -1.81. The van der Waals surface area contributed by atoms with E-state index >= 15 is 0 Å². The molecule has 0 aliphatic heterocycles. The lowest BCUT2D eigenvalue weighted by Gasteiger charge is -2.15. The van der Waals surface area contributed by atoms with E-state index in [0.29, 0.717) is 16.9 Å². The number of ether oxygens (including phenoxy) is 1. The Labute approximate surface area is 111 Å². The summed E-state index contributed by atoms with van der Waals surface area (Å²) in [5.41, 5.74) is 1.07. The molecular formula is C13H14ClN3O. The molecule has 0 aliphatic carbocycles. The fourth-order valence-corrected chi connectivity index (χ4v) is 1.65. The SMILES string of the molecule is CNc1ncc(Cl)c(OC(C)c2ccccc2)n1. The van der Waals surface area contributed by atoms with Crippen molar-refractivity contribution in [3.05, 3.63) is 47.1 Å². The zero-order chi connectivity index (χ0) is 13.0. The van der Waals surface area contributed by atoms with Crippen molar-refractivity contribution in [2.75, 3.05) is 12.4 Å². The van der Waals surface area contributed by atoms with Gasteiger partial charge in [-0.3, -0.25) is 0 Å². The van der Waals surface area contributed by atoms with Gasteiger partial charge in [0.15, 0.2) is 0 Å². The smallest absolute Gasteiger partial charge is 0.238 e. The van der Waals surface area contributed by atoms with Crippen LogP contribution in [0.2, 0.25) is 5.02 Å². The van der Waals surface area contributed by atoms with Gasteiger partial charge in [0, 0.05) is 7.05 Å². The van der Waals surface area contributed by atoms with E-state index in [1.807, 2.05) is 37.3 Å². The van der Waals surface area contributed by atoms with Crippen molar-refractivity contribution >= 4 is 17.5 Å². The summed E-state index contributed by atoms with van der Waals surface area (Å²) < 4.78 is 5.75. The highest BCUT2D eigenvalue weighted by Crippen LogP contribution is 2.27. The summed E-state index contributed by atoms with van der Waals surface area (Å²) in [7, 11) is 1.74. The molecule has 0 bridgehead atoms. The molecule has 2 aromatic rings. The van der Waals surface area contributed by atoms with E-state index in [4.69, 9.17) is 16.3 Å². The van der Waals surface area contributed by atoms with Gasteiger partial charge in [-0.25, -0.2) is 4.98 Å². The summed E-state index contributed by atoms with van der Waals surface area (Å²) in [6, 6.07) is 9.90. The molecule has 94 valence electrons. The Balaban J connectivity index is 2.18. The zero-order valence-electron chi connectivity index (χ0n) is 10.2. The average Bonchev–Trinajstić information content (AvgIpc) is 2.42. The second-order valence-corrected chi connectivity index (χ2v) is 4.17. The van der Waals surface area contributed by atoms with Crippen LogP contribution in [0, 0.1) is 0 Å². The first kappa shape index (κ1) is 12.6. The molecule has 0 amide bonds. The highest BCUT2D eigenvalue weighted by molar-refractivity contribution is 6.31. The predicted molar refractivity (Wildman–Crippen MR) is 72.1 cm³/mol. The summed E-state index contributed by atoms with van der Waals surface area (Å²) in [6.45, 7) is 1.95. The molecule has 5 heteroatoms. The van der Waals surface area contributed by atoms with Crippen LogP contribution in [0.15, 0.2) is 36.5 Å². The van der Waals surface area contributed by atoms with Crippen LogP contribution in [-0.2, 0) is 0 Å². The number of nitrogens with zero attached hydrogens (tertiary/aromatic N) is 2. The van der Waals surface area contributed by atoms with Gasteiger partial charge in [-0.15, -0.1) is 0 Å². The number of rotatable bonds is 4. The second kappa shape index (κ2) is 5.69. The summed E-state index contributed by atoms with van der Waals surface area (Å²) in [5, 5.41) is 3.25. The molecule has 1 N–H and O–H groups in total. The van der Waals surface area contributed by atoms with E-state index < -0.39 is 0 Å². The van der Waals surface area contributed by atoms with E-state index in [1.54, 1.807) is 7.05 Å². The Kier molecular flexibility index (Phi) is 3.99. The number of aromatic nitrogens is 2. The Morgan fingerprint density at radius 1 is 1.28 bits per heavy atom. The second-order valence-electron chi connectivity index (χ2n) is 3.77. The number of hydrogen-bond acceptors (Lipinski definition) is 4. The topological polar surface area (TPSA) is 47.0 Å². The molecule has 0 radical (unpaired) electrons. The van der Waals surface area contributed by atoms with Gasteiger partial charge in [0.2, 0.25) is 11.8 Å². The minimum atomic E-state index is -0.122. The van der Waals surface area contributed by atoms with Gasteiger partial charge in [0.05, 0.1) is 6.20 Å². The van der Waals surface area contributed by atoms with E-state index in [1.165, 1.54) is 6.20 Å². The molecule has 1 aromatic heterocycles. The molecule has 0 aliphatic rings. The number of nitrogens with one attached hydrogen (secondary N) is 1. The van der Waals surface area contributed by atoms with Crippen LogP contribution in [0.3, 0.4) is 0 Å². The standard InChI is InChI=1S/C13H14ClN3O/c1-9(10-6-4-3-5-7-10)18-12-11(14)8-16-13(15-2)17-12/h3-9H,1-2H3,(H,15,16,17). The first-order chi connectivity index (χ1) is 8.70. The maximum absolute atomic E-state index is 6.01. The van der Waals surface area contributed by atoms with E-state index in [-0.39, 0.29) is 6.10 Å². The molecule has 1 atom stereocenters. The lowest BCUT2D eigenvalue weighted by Crippen LogP contribution is -2.06. The lowest BCUT2D eigenvalue weighted by atomic mass is 10.1. The van der Waals surface area contributed by atoms with Crippen molar-refractivity contribution in [1.29, 1.82) is 0 Å². The fourth-order valence-electron chi connectivity index (χ4n) is 1.51. The van der Waals surface area contributed by atoms with Crippen molar-refractivity contribution in [3.8, 4) is 5.88 Å². The summed E-state index contributed by atoms with van der Waals surface area (Å²) in [6.07, 6.45) is 1.40. The summed E-state index contributed by atoms with van der Waals surface area (Å²) >= 11 is 6.01. The largest absolute Gasteiger partial charge is 0.469 e. The molecule has 0 spiro atoms. The zero-order valence-corrected chi connectivity index (χ0v) is 11.0. The summed E-state index contributed by atoms with van der Waals surface area (Å²) in [5.74, 6) is 0.863. The van der Waals surface area contributed by atoms with Gasteiger partial charge in [-0.05, 0) is 12.5 Å². The van der Waals surface area contributed by atoms with Gasteiger partial charge in [-0.2, -0.15) is 4.98 Å². The van der Waals surface area contributed by atoms with Crippen LogP contribution in [0.1, 0.15) is 18.6 Å². The number of halogens is 1. The Morgan fingerprint density at radius 3 is 2.67 bits per heavy atom. The van der Waals surface area contributed by atoms with Crippen molar-refractivity contribution in [2.45, 2.75) is 13.0 Å². The molecule has 1 unspecified atom stereocenters. The molecule has 0 fully saturated rings. The molecule has 1 heterocycles. The average molecular weight is 264 g/mol. The van der Waals surface area contributed by atoms with Crippen LogP contribution >= 0.6 is 11.6 Å². The predicted octanol–water partition coefficient (Wildman–Crippen LogP) is 3.31.